The molecular weight excluding hydrogens is 490 g/mol. The van der Waals surface area contributed by atoms with Crippen molar-refractivity contribution in [3.05, 3.63) is 75.7 Å². The van der Waals surface area contributed by atoms with Crippen LogP contribution in [0, 0.1) is 12.3 Å². The van der Waals surface area contributed by atoms with E-state index in [0.29, 0.717) is 48.0 Å². The van der Waals surface area contributed by atoms with Gasteiger partial charge in [-0.05, 0) is 55.5 Å². The van der Waals surface area contributed by atoms with Crippen molar-refractivity contribution >= 4 is 15.6 Å². The van der Waals surface area contributed by atoms with Crippen LogP contribution >= 0.6 is 0 Å². The topological polar surface area (TPSA) is 105 Å². The lowest BCUT2D eigenvalue weighted by molar-refractivity contribution is -0.119. The molecule has 2 aromatic carbocycles. The van der Waals surface area contributed by atoms with Crippen LogP contribution < -0.4 is 15.2 Å². The van der Waals surface area contributed by atoms with Crippen molar-refractivity contribution in [2.75, 3.05) is 13.2 Å². The third kappa shape index (κ3) is 5.25. The zero-order chi connectivity index (χ0) is 27.0. The molecule has 37 heavy (non-hydrogen) atoms. The lowest BCUT2D eigenvalue weighted by Crippen LogP contribution is -2.35. The Morgan fingerprint density at radius 2 is 1.73 bits per heavy atom. The number of nitrogens with two attached hydrogens (primary N) is 1. The van der Waals surface area contributed by atoms with Gasteiger partial charge in [0.05, 0.1) is 24.0 Å². The molecule has 1 heterocycles. The Balaban J connectivity index is 1.93. The van der Waals surface area contributed by atoms with Crippen molar-refractivity contribution in [1.29, 1.82) is 0 Å². The van der Waals surface area contributed by atoms with E-state index in [1.54, 1.807) is 42.5 Å². The van der Waals surface area contributed by atoms with E-state index in [2.05, 4.69) is 0 Å². The van der Waals surface area contributed by atoms with Crippen molar-refractivity contribution in [2.24, 2.45) is 11.1 Å². The highest BCUT2D eigenvalue weighted by Gasteiger charge is 2.46. The maximum Gasteiger partial charge on any atom is 0.208 e. The molecule has 4 rings (SSSR count). The normalized spacial score (nSPS) is 19.4. The van der Waals surface area contributed by atoms with E-state index in [9.17, 15) is 13.2 Å². The molecule has 7 nitrogen and oxygen atoms in total. The average molecular weight is 526 g/mol. The summed E-state index contributed by atoms with van der Waals surface area (Å²) in [5.41, 5.74) is 7.88. The van der Waals surface area contributed by atoms with E-state index in [0.717, 1.165) is 12.0 Å². The van der Waals surface area contributed by atoms with Gasteiger partial charge in [-0.2, -0.15) is 0 Å². The summed E-state index contributed by atoms with van der Waals surface area (Å²) in [7, 11) is -4.11. The molecule has 1 aliphatic heterocycles. The number of hydrogen-bond acceptors (Lipinski definition) is 7. The van der Waals surface area contributed by atoms with Crippen LogP contribution in [0.2, 0.25) is 0 Å². The molecule has 0 fully saturated rings. The number of carbonyl (C=O) groups excluding carboxylic acids is 1. The summed E-state index contributed by atoms with van der Waals surface area (Å²) < 4.78 is 45.7. The zero-order valence-electron chi connectivity index (χ0n) is 22.1. The Bertz CT molecular complexity index is 1370. The Morgan fingerprint density at radius 1 is 1.03 bits per heavy atom. The second kappa shape index (κ2) is 10.2. The average Bonchev–Trinajstić information content (AvgIpc) is 2.81. The minimum atomic E-state index is -4.11. The van der Waals surface area contributed by atoms with Gasteiger partial charge in [0.15, 0.2) is 17.3 Å². The van der Waals surface area contributed by atoms with Crippen LogP contribution in [0.5, 0.6) is 11.5 Å². The number of sulfone groups is 1. The van der Waals surface area contributed by atoms with Crippen LogP contribution in [-0.4, -0.2) is 27.4 Å². The lowest BCUT2D eigenvalue weighted by atomic mass is 9.72. The summed E-state index contributed by atoms with van der Waals surface area (Å²) in [6, 6.07) is 11.8. The Hall–Kier alpha value is -3.26. The number of benzene rings is 2. The largest absolute Gasteiger partial charge is 0.490 e. The van der Waals surface area contributed by atoms with E-state index in [-0.39, 0.29) is 33.3 Å². The monoisotopic (exact) mass is 525 g/mol. The van der Waals surface area contributed by atoms with Gasteiger partial charge in [0, 0.05) is 18.4 Å². The number of carbonyl (C=O) groups is 1. The molecule has 0 saturated heterocycles. The van der Waals surface area contributed by atoms with Gasteiger partial charge >= 0.3 is 0 Å². The number of aryl methyl sites for hydroxylation is 1. The molecule has 0 unspecified atom stereocenters. The Morgan fingerprint density at radius 3 is 2.38 bits per heavy atom. The van der Waals surface area contributed by atoms with Crippen LogP contribution in [0.3, 0.4) is 0 Å². The van der Waals surface area contributed by atoms with Gasteiger partial charge in [0.2, 0.25) is 15.7 Å². The minimum Gasteiger partial charge on any atom is -0.490 e. The molecule has 8 heteroatoms. The molecule has 2 aromatic rings. The molecule has 0 saturated carbocycles. The third-order valence-corrected chi connectivity index (χ3v) is 8.50. The van der Waals surface area contributed by atoms with Gasteiger partial charge in [0.25, 0.3) is 0 Å². The first-order valence-electron chi connectivity index (χ1n) is 12.6. The van der Waals surface area contributed by atoms with Crippen LogP contribution in [0.1, 0.15) is 64.0 Å². The fraction of sp³-hybridized carbons (Fsp3) is 0.414. The fourth-order valence-corrected chi connectivity index (χ4v) is 6.52. The zero-order valence-corrected chi connectivity index (χ0v) is 22.9. The third-order valence-electron chi connectivity index (χ3n) is 6.59. The molecule has 2 aliphatic rings. The molecule has 198 valence electrons. The van der Waals surface area contributed by atoms with E-state index in [4.69, 9.17) is 19.9 Å². The molecule has 0 spiro atoms. The van der Waals surface area contributed by atoms with Crippen molar-refractivity contribution in [3.8, 4) is 11.5 Å². The highest BCUT2D eigenvalue weighted by atomic mass is 32.2. The maximum atomic E-state index is 14.0. The molecule has 0 aromatic heterocycles. The van der Waals surface area contributed by atoms with Gasteiger partial charge in [0.1, 0.15) is 10.7 Å². The number of Topliss-reactive ketones (excluding diaryl/α,β-unsaturated/α-hetero) is 1. The summed E-state index contributed by atoms with van der Waals surface area (Å²) in [6.45, 7) is 10.6. The standard InChI is InChI=1S/C29H35NO6S/c1-6-14-35-22-13-10-19(15-23(22)34-7-2)25-26-21(31)16-29(4,5)17-24(26)36-28(30)27(25)37(32,33)20-11-8-18(3)9-12-20/h8-13,15,25H,6-7,14,16-17,30H2,1-5H3/t25-/m1/s1. The predicted molar refractivity (Wildman–Crippen MR) is 142 cm³/mol. The number of rotatable bonds is 8. The summed E-state index contributed by atoms with van der Waals surface area (Å²) in [4.78, 5) is 13.5. The van der Waals surface area contributed by atoms with E-state index >= 15 is 0 Å². The molecule has 1 atom stereocenters. The first-order chi connectivity index (χ1) is 17.5. The van der Waals surface area contributed by atoms with Crippen molar-refractivity contribution in [2.45, 2.75) is 64.7 Å². The van der Waals surface area contributed by atoms with Crippen LogP contribution in [-0.2, 0) is 19.4 Å². The second-order valence-corrected chi connectivity index (χ2v) is 12.3. The highest BCUT2D eigenvalue weighted by Crippen LogP contribution is 2.51. The van der Waals surface area contributed by atoms with Crippen LogP contribution in [0.25, 0.3) is 0 Å². The summed E-state index contributed by atoms with van der Waals surface area (Å²) in [6.07, 6.45) is 1.57. The van der Waals surface area contributed by atoms with Gasteiger partial charge in [-0.15, -0.1) is 0 Å². The van der Waals surface area contributed by atoms with Crippen LogP contribution in [0.4, 0.5) is 0 Å². The van der Waals surface area contributed by atoms with Crippen LogP contribution in [0.15, 0.2) is 69.5 Å². The first kappa shape index (κ1) is 26.8. The summed E-state index contributed by atoms with van der Waals surface area (Å²) >= 11 is 0. The number of ether oxygens (including phenoxy) is 3. The van der Waals surface area contributed by atoms with E-state index in [1.807, 2.05) is 34.6 Å². The molecular formula is C29H35NO6S. The Kier molecular flexibility index (Phi) is 7.42. The number of ketones is 1. The van der Waals surface area contributed by atoms with Crippen molar-refractivity contribution < 1.29 is 27.4 Å². The maximum absolute atomic E-state index is 14.0. The van der Waals surface area contributed by atoms with E-state index < -0.39 is 15.8 Å². The smallest absolute Gasteiger partial charge is 0.208 e. The highest BCUT2D eigenvalue weighted by molar-refractivity contribution is 7.95. The number of allylic oxidation sites excluding steroid dienone is 3. The fourth-order valence-electron chi connectivity index (χ4n) is 4.90. The molecule has 1 aliphatic carbocycles. The van der Waals surface area contributed by atoms with Gasteiger partial charge in [-0.1, -0.05) is 44.5 Å². The first-order valence-corrected chi connectivity index (χ1v) is 14.1. The van der Waals surface area contributed by atoms with Crippen molar-refractivity contribution in [1.82, 2.24) is 0 Å². The molecule has 0 bridgehead atoms. The number of hydrogen-bond donors (Lipinski definition) is 1. The molecule has 0 radical (unpaired) electrons. The lowest BCUT2D eigenvalue weighted by Gasteiger charge is -2.38. The quantitative estimate of drug-likeness (QED) is 0.482. The molecule has 0 amide bonds. The molecule has 2 N–H and O–H groups in total. The SMILES string of the molecule is CCCOc1ccc([C@@H]2C3=C(CC(C)(C)CC3=O)OC(N)=C2S(=O)(=O)c2ccc(C)cc2)cc1OCC. The minimum absolute atomic E-state index is 0.0882. The Labute approximate surface area is 219 Å². The summed E-state index contributed by atoms with van der Waals surface area (Å²) in [5, 5.41) is 0. The van der Waals surface area contributed by atoms with E-state index in [1.165, 1.54) is 0 Å². The predicted octanol–water partition coefficient (Wildman–Crippen LogP) is 5.54. The van der Waals surface area contributed by atoms with Crippen molar-refractivity contribution in [3.63, 3.8) is 0 Å². The second-order valence-electron chi connectivity index (χ2n) is 10.3. The van der Waals surface area contributed by atoms with Gasteiger partial charge in [-0.3, -0.25) is 4.79 Å². The van der Waals surface area contributed by atoms with Gasteiger partial charge < -0.3 is 19.9 Å². The summed E-state index contributed by atoms with van der Waals surface area (Å²) in [5.74, 6) is 0.179. The van der Waals surface area contributed by atoms with Gasteiger partial charge in [-0.25, -0.2) is 8.42 Å².